The first-order valence-corrected chi connectivity index (χ1v) is 12.5. The number of methoxy groups -OCH3 is 4. The fraction of sp³-hybridized carbons (Fsp3) is 0.296. The van der Waals surface area contributed by atoms with Crippen LogP contribution in [-0.2, 0) is 9.53 Å². The van der Waals surface area contributed by atoms with Crippen molar-refractivity contribution >= 4 is 23.4 Å². The lowest BCUT2D eigenvalue weighted by Gasteiger charge is -2.25. The number of carbonyl (C=O) groups excluding carboxylic acids is 1. The Morgan fingerprint density at radius 2 is 1.66 bits per heavy atom. The Labute approximate surface area is 222 Å². The number of thiazole rings is 1. The molecule has 1 aromatic heterocycles. The SMILES string of the molecule is CCOC(=O)C1=C(C)N=c2s/c(=C/c3cc(OC)c(O)c(OC)c3)c(=O)n2[C@H]1c1ccc(OC)c(OC)c1. The van der Waals surface area contributed by atoms with Gasteiger partial charge in [-0.3, -0.25) is 9.36 Å². The molecule has 1 atom stereocenters. The van der Waals surface area contributed by atoms with Gasteiger partial charge in [-0.25, -0.2) is 9.79 Å². The van der Waals surface area contributed by atoms with Crippen LogP contribution < -0.4 is 33.8 Å². The minimum atomic E-state index is -0.809. The molecule has 200 valence electrons. The van der Waals surface area contributed by atoms with Crippen LogP contribution in [0.15, 0.2) is 51.4 Å². The first-order valence-electron chi connectivity index (χ1n) is 11.6. The summed E-state index contributed by atoms with van der Waals surface area (Å²) in [5, 5.41) is 10.3. The molecule has 0 radical (unpaired) electrons. The van der Waals surface area contributed by atoms with E-state index in [1.165, 1.54) is 44.3 Å². The zero-order valence-electron chi connectivity index (χ0n) is 21.9. The van der Waals surface area contributed by atoms with Gasteiger partial charge in [0.05, 0.1) is 56.9 Å². The topological polar surface area (TPSA) is 118 Å². The number of allylic oxidation sites excluding steroid dienone is 1. The average Bonchev–Trinajstić information content (AvgIpc) is 3.22. The van der Waals surface area contributed by atoms with E-state index in [0.29, 0.717) is 37.7 Å². The fourth-order valence-corrected chi connectivity index (χ4v) is 5.32. The number of carbonyl (C=O) groups is 1. The molecule has 38 heavy (non-hydrogen) atoms. The Morgan fingerprint density at radius 3 is 2.24 bits per heavy atom. The molecule has 2 aromatic carbocycles. The van der Waals surface area contributed by atoms with Gasteiger partial charge in [-0.1, -0.05) is 17.4 Å². The number of esters is 1. The highest BCUT2D eigenvalue weighted by atomic mass is 32.1. The predicted octanol–water partition coefficient (Wildman–Crippen LogP) is 2.54. The quantitative estimate of drug-likeness (QED) is 0.433. The number of hydrogen-bond acceptors (Lipinski definition) is 10. The molecule has 0 aliphatic carbocycles. The number of nitrogens with zero attached hydrogens (tertiary/aromatic N) is 2. The van der Waals surface area contributed by atoms with Gasteiger partial charge in [-0.15, -0.1) is 0 Å². The van der Waals surface area contributed by atoms with Gasteiger partial charge in [0.15, 0.2) is 27.8 Å². The van der Waals surface area contributed by atoms with Crippen molar-refractivity contribution in [1.29, 1.82) is 0 Å². The van der Waals surface area contributed by atoms with Gasteiger partial charge >= 0.3 is 5.97 Å². The second kappa shape index (κ2) is 11.0. The summed E-state index contributed by atoms with van der Waals surface area (Å²) in [6, 6.07) is 7.60. The summed E-state index contributed by atoms with van der Waals surface area (Å²) >= 11 is 1.18. The van der Waals surface area contributed by atoms with Gasteiger partial charge in [-0.05, 0) is 55.3 Å². The average molecular weight is 541 g/mol. The van der Waals surface area contributed by atoms with Crippen LogP contribution in [0.5, 0.6) is 28.7 Å². The third-order valence-corrected chi connectivity index (χ3v) is 7.02. The number of aromatic hydroxyl groups is 1. The molecule has 3 aromatic rings. The largest absolute Gasteiger partial charge is 0.502 e. The van der Waals surface area contributed by atoms with Crippen molar-refractivity contribution in [3.63, 3.8) is 0 Å². The van der Waals surface area contributed by atoms with E-state index in [9.17, 15) is 14.7 Å². The van der Waals surface area contributed by atoms with Gasteiger partial charge < -0.3 is 28.8 Å². The van der Waals surface area contributed by atoms with Crippen LogP contribution in [0.3, 0.4) is 0 Å². The highest BCUT2D eigenvalue weighted by molar-refractivity contribution is 7.07. The van der Waals surface area contributed by atoms with Crippen molar-refractivity contribution in [1.82, 2.24) is 4.57 Å². The number of hydrogen-bond donors (Lipinski definition) is 1. The Kier molecular flexibility index (Phi) is 7.77. The Balaban J connectivity index is 1.97. The van der Waals surface area contributed by atoms with Crippen LogP contribution in [-0.4, -0.2) is 50.7 Å². The summed E-state index contributed by atoms with van der Waals surface area (Å²) in [6.45, 7) is 3.60. The maximum absolute atomic E-state index is 13.8. The Morgan fingerprint density at radius 1 is 1.03 bits per heavy atom. The normalized spacial score (nSPS) is 15.0. The summed E-state index contributed by atoms with van der Waals surface area (Å²) < 4.78 is 28.5. The second-order valence-electron chi connectivity index (χ2n) is 8.19. The van der Waals surface area contributed by atoms with E-state index >= 15 is 0 Å². The van der Waals surface area contributed by atoms with E-state index in [2.05, 4.69) is 4.99 Å². The number of ether oxygens (including phenoxy) is 5. The van der Waals surface area contributed by atoms with Gasteiger partial charge in [-0.2, -0.15) is 0 Å². The smallest absolute Gasteiger partial charge is 0.338 e. The van der Waals surface area contributed by atoms with E-state index in [4.69, 9.17) is 23.7 Å². The summed E-state index contributed by atoms with van der Waals surface area (Å²) in [6.07, 6.45) is 1.66. The molecule has 0 unspecified atom stereocenters. The molecule has 10 nitrogen and oxygen atoms in total. The number of benzene rings is 2. The van der Waals surface area contributed by atoms with Crippen molar-refractivity contribution in [3.8, 4) is 28.7 Å². The standard InChI is InChI=1S/C27H28N2O8S/c1-7-37-26(32)22-14(2)28-27-29(23(22)16-8-9-17(33-3)18(13-16)34-4)25(31)21(38-27)12-15-10-19(35-5)24(30)20(11-15)36-6/h8-13,23,30H,7H2,1-6H3/b21-12+/t23-/m0/s1. The molecule has 0 fully saturated rings. The lowest BCUT2D eigenvalue weighted by molar-refractivity contribution is -0.139. The van der Waals surface area contributed by atoms with Crippen molar-refractivity contribution in [3.05, 3.63) is 72.4 Å². The lowest BCUT2D eigenvalue weighted by atomic mass is 9.95. The van der Waals surface area contributed by atoms with Crippen molar-refractivity contribution < 1.29 is 33.6 Å². The molecule has 0 saturated heterocycles. The first kappa shape index (κ1) is 26.8. The van der Waals surface area contributed by atoms with Crippen LogP contribution in [0.25, 0.3) is 6.08 Å². The van der Waals surface area contributed by atoms with Gasteiger partial charge in [0.2, 0.25) is 5.75 Å². The van der Waals surface area contributed by atoms with Crippen molar-refractivity contribution in [2.24, 2.45) is 4.99 Å². The van der Waals surface area contributed by atoms with E-state index in [1.807, 2.05) is 0 Å². The molecule has 11 heteroatoms. The minimum absolute atomic E-state index is 0.142. The summed E-state index contributed by atoms with van der Waals surface area (Å²) in [7, 11) is 5.90. The Hall–Kier alpha value is -4.25. The monoisotopic (exact) mass is 540 g/mol. The van der Waals surface area contributed by atoms with E-state index in [1.54, 1.807) is 50.3 Å². The number of aromatic nitrogens is 1. The van der Waals surface area contributed by atoms with E-state index in [0.717, 1.165) is 0 Å². The molecule has 1 aliphatic heterocycles. The molecular weight excluding hydrogens is 512 g/mol. The van der Waals surface area contributed by atoms with Crippen LogP contribution >= 0.6 is 11.3 Å². The van der Waals surface area contributed by atoms with E-state index < -0.39 is 12.0 Å². The maximum Gasteiger partial charge on any atom is 0.338 e. The molecule has 4 rings (SSSR count). The molecule has 0 spiro atoms. The highest BCUT2D eigenvalue weighted by Crippen LogP contribution is 2.38. The van der Waals surface area contributed by atoms with Gasteiger partial charge in [0, 0.05) is 0 Å². The van der Waals surface area contributed by atoms with Gasteiger partial charge in [0.1, 0.15) is 0 Å². The lowest BCUT2D eigenvalue weighted by Crippen LogP contribution is -2.40. The first-order chi connectivity index (χ1) is 18.3. The number of rotatable bonds is 8. The van der Waals surface area contributed by atoms with Crippen LogP contribution in [0, 0.1) is 0 Å². The third-order valence-electron chi connectivity index (χ3n) is 6.04. The summed E-state index contributed by atoms with van der Waals surface area (Å²) in [4.78, 5) is 31.9. The zero-order chi connectivity index (χ0) is 27.6. The third kappa shape index (κ3) is 4.72. The molecule has 2 heterocycles. The van der Waals surface area contributed by atoms with Crippen LogP contribution in [0.2, 0.25) is 0 Å². The molecule has 0 amide bonds. The number of phenols is 1. The number of phenolic OH excluding ortho intramolecular Hbond substituents is 1. The molecule has 1 N–H and O–H groups in total. The molecular formula is C27H28N2O8S. The van der Waals surface area contributed by atoms with Crippen LogP contribution in [0.1, 0.15) is 31.0 Å². The minimum Gasteiger partial charge on any atom is -0.502 e. The summed E-state index contributed by atoms with van der Waals surface area (Å²) in [5.74, 6) is 0.664. The molecule has 1 aliphatic rings. The predicted molar refractivity (Wildman–Crippen MR) is 141 cm³/mol. The molecule has 0 saturated carbocycles. The Bertz CT molecular complexity index is 1580. The number of fused-ring (bicyclic) bond motifs is 1. The maximum atomic E-state index is 13.8. The van der Waals surface area contributed by atoms with Gasteiger partial charge in [0.25, 0.3) is 5.56 Å². The zero-order valence-corrected chi connectivity index (χ0v) is 22.7. The molecule has 0 bridgehead atoms. The second-order valence-corrected chi connectivity index (χ2v) is 9.20. The van der Waals surface area contributed by atoms with Crippen molar-refractivity contribution in [2.75, 3.05) is 35.0 Å². The van der Waals surface area contributed by atoms with E-state index in [-0.39, 0.29) is 35.0 Å². The summed E-state index contributed by atoms with van der Waals surface area (Å²) in [5.41, 5.74) is 1.55. The highest BCUT2D eigenvalue weighted by Gasteiger charge is 2.34. The fourth-order valence-electron chi connectivity index (χ4n) is 4.28. The van der Waals surface area contributed by atoms with Crippen molar-refractivity contribution in [2.45, 2.75) is 19.9 Å². The van der Waals surface area contributed by atoms with Crippen LogP contribution in [0.4, 0.5) is 0 Å².